The molecule has 2 N–H and O–H groups in total. The predicted octanol–water partition coefficient (Wildman–Crippen LogP) is 10.3. The average molecular weight is 577 g/mol. The van der Waals surface area contributed by atoms with E-state index in [-0.39, 0.29) is 0 Å². The Labute approximate surface area is 261 Å². The van der Waals surface area contributed by atoms with Crippen LogP contribution in [0.5, 0.6) is 0 Å². The van der Waals surface area contributed by atoms with E-state index in [0.29, 0.717) is 11.4 Å². The quantitative estimate of drug-likeness (QED) is 0.122. The number of allylic oxidation sites excluding steroid dienone is 4. The zero-order valence-electron chi connectivity index (χ0n) is 24.4. The molecule has 0 radical (unpaired) electrons. The Bertz CT molecular complexity index is 2300. The van der Waals surface area contributed by atoms with Gasteiger partial charge in [0.05, 0.1) is 11.4 Å². The number of nitrogens with zero attached hydrogens (tertiary/aromatic N) is 2. The van der Waals surface area contributed by atoms with Gasteiger partial charge in [-0.25, -0.2) is 0 Å². The predicted molar refractivity (Wildman–Crippen MR) is 190 cm³/mol. The molecule has 0 atom stereocenters. The van der Waals surface area contributed by atoms with Gasteiger partial charge in [0.25, 0.3) is 0 Å². The van der Waals surface area contributed by atoms with Crippen LogP contribution in [0.3, 0.4) is 0 Å². The van der Waals surface area contributed by atoms with Crippen molar-refractivity contribution in [1.82, 2.24) is 4.98 Å². The molecule has 4 heteroatoms. The van der Waals surface area contributed by atoms with Crippen molar-refractivity contribution in [1.29, 1.82) is 5.41 Å². The summed E-state index contributed by atoms with van der Waals surface area (Å²) in [5.41, 5.74) is 11.7. The number of aromatic nitrogens is 1. The molecule has 0 unspecified atom stereocenters. The molecule has 0 aliphatic heterocycles. The first-order valence-electron chi connectivity index (χ1n) is 15.0. The summed E-state index contributed by atoms with van der Waals surface area (Å²) in [6, 6.07) is 44.5. The first-order chi connectivity index (χ1) is 22.2. The van der Waals surface area contributed by atoms with Gasteiger partial charge in [0.2, 0.25) is 0 Å². The van der Waals surface area contributed by atoms with E-state index in [0.717, 1.165) is 38.7 Å². The first-order valence-corrected chi connectivity index (χ1v) is 15.0. The molecule has 0 bridgehead atoms. The van der Waals surface area contributed by atoms with Crippen molar-refractivity contribution >= 4 is 55.0 Å². The lowest BCUT2D eigenvalue weighted by Gasteiger charge is -2.20. The molecule has 0 amide bonds. The Hall–Kier alpha value is -6.13. The van der Waals surface area contributed by atoms with E-state index < -0.39 is 0 Å². The molecular formula is C41H28N4. The topological polar surface area (TPSA) is 61.1 Å². The number of hydrogen-bond donors (Lipinski definition) is 2. The highest BCUT2D eigenvalue weighted by Crippen LogP contribution is 2.44. The van der Waals surface area contributed by atoms with Gasteiger partial charge in [-0.1, -0.05) is 109 Å². The average Bonchev–Trinajstić information content (AvgIpc) is 3.10. The molecule has 0 saturated carbocycles. The number of benzene rings is 6. The Kier molecular flexibility index (Phi) is 6.58. The van der Waals surface area contributed by atoms with E-state index in [2.05, 4.69) is 119 Å². The molecule has 1 aromatic heterocycles. The van der Waals surface area contributed by atoms with Gasteiger partial charge in [-0.05, 0) is 102 Å². The highest BCUT2D eigenvalue weighted by molar-refractivity contribution is 6.52. The molecule has 0 saturated heterocycles. The second-order valence-electron chi connectivity index (χ2n) is 11.1. The normalized spacial score (nSPS) is 13.9. The third-order valence-electron chi connectivity index (χ3n) is 8.46. The Morgan fingerprint density at radius 3 is 1.89 bits per heavy atom. The van der Waals surface area contributed by atoms with Gasteiger partial charge >= 0.3 is 0 Å². The van der Waals surface area contributed by atoms with Crippen LogP contribution in [-0.2, 0) is 0 Å². The lowest BCUT2D eigenvalue weighted by Crippen LogP contribution is -2.13. The number of nitrogens with one attached hydrogen (secondary N) is 2. The monoisotopic (exact) mass is 576 g/mol. The standard InChI is InChI=1S/C41H28N4/c42-38-26-30(19-20-39(38)45-44-31-12-7-11-29(25-31)27-21-23-43-24-22-27)40-34-14-3-5-16-36(34)41(37-17-6-4-15-35(37)40)33-18-8-10-28-9-1-2-13-32(28)33/h1-26,42,44H/b42-38?,45-39-. The number of pyridine rings is 1. The summed E-state index contributed by atoms with van der Waals surface area (Å²) >= 11 is 0. The smallest absolute Gasteiger partial charge is 0.108 e. The van der Waals surface area contributed by atoms with Crippen LogP contribution in [0.15, 0.2) is 163 Å². The van der Waals surface area contributed by atoms with E-state index in [1.165, 1.54) is 32.7 Å². The van der Waals surface area contributed by atoms with Gasteiger partial charge in [-0.3, -0.25) is 15.8 Å². The maximum atomic E-state index is 8.95. The Balaban J connectivity index is 1.21. The molecule has 6 aromatic carbocycles. The van der Waals surface area contributed by atoms with E-state index in [9.17, 15) is 0 Å². The minimum absolute atomic E-state index is 0.358. The number of fused-ring (bicyclic) bond motifs is 3. The summed E-state index contributed by atoms with van der Waals surface area (Å²) in [5.74, 6) is 0. The fraction of sp³-hybridized carbons (Fsp3) is 0. The highest BCUT2D eigenvalue weighted by atomic mass is 15.3. The number of hydrazone groups is 1. The summed E-state index contributed by atoms with van der Waals surface area (Å²) in [6.45, 7) is 0. The van der Waals surface area contributed by atoms with E-state index in [4.69, 9.17) is 5.41 Å². The molecule has 212 valence electrons. The van der Waals surface area contributed by atoms with Crippen LogP contribution in [0.25, 0.3) is 60.1 Å². The molecule has 1 heterocycles. The molecule has 45 heavy (non-hydrogen) atoms. The Morgan fingerprint density at radius 2 is 1.18 bits per heavy atom. The van der Waals surface area contributed by atoms with Crippen molar-refractivity contribution in [2.24, 2.45) is 5.10 Å². The van der Waals surface area contributed by atoms with Crippen LogP contribution < -0.4 is 5.43 Å². The minimum atomic E-state index is 0.358. The molecule has 0 fully saturated rings. The molecule has 1 aliphatic rings. The molecule has 4 nitrogen and oxygen atoms in total. The van der Waals surface area contributed by atoms with Crippen molar-refractivity contribution < 1.29 is 0 Å². The number of anilines is 1. The summed E-state index contributed by atoms with van der Waals surface area (Å²) in [7, 11) is 0. The fourth-order valence-electron chi connectivity index (χ4n) is 6.40. The maximum Gasteiger partial charge on any atom is 0.108 e. The van der Waals surface area contributed by atoms with Gasteiger partial charge in [0.1, 0.15) is 5.71 Å². The number of hydrogen-bond acceptors (Lipinski definition) is 4. The zero-order valence-corrected chi connectivity index (χ0v) is 24.4. The van der Waals surface area contributed by atoms with Crippen LogP contribution in [-0.4, -0.2) is 16.4 Å². The molecule has 0 spiro atoms. The number of rotatable bonds is 5. The van der Waals surface area contributed by atoms with Crippen molar-refractivity contribution in [3.63, 3.8) is 0 Å². The van der Waals surface area contributed by atoms with Gasteiger partial charge < -0.3 is 0 Å². The third kappa shape index (κ3) is 4.79. The van der Waals surface area contributed by atoms with Crippen LogP contribution in [0.4, 0.5) is 5.69 Å². The van der Waals surface area contributed by atoms with Crippen LogP contribution in [0.1, 0.15) is 5.56 Å². The van der Waals surface area contributed by atoms with E-state index in [1.807, 2.05) is 42.5 Å². The summed E-state index contributed by atoms with van der Waals surface area (Å²) in [6.07, 6.45) is 9.52. The van der Waals surface area contributed by atoms with Crippen molar-refractivity contribution in [3.05, 3.63) is 164 Å². The molecular weight excluding hydrogens is 548 g/mol. The van der Waals surface area contributed by atoms with Crippen molar-refractivity contribution in [2.45, 2.75) is 0 Å². The van der Waals surface area contributed by atoms with Gasteiger partial charge in [0.15, 0.2) is 0 Å². The maximum absolute atomic E-state index is 8.95. The second kappa shape index (κ2) is 11.2. The second-order valence-corrected chi connectivity index (χ2v) is 11.1. The van der Waals surface area contributed by atoms with E-state index in [1.54, 1.807) is 12.4 Å². The summed E-state index contributed by atoms with van der Waals surface area (Å²) < 4.78 is 0. The van der Waals surface area contributed by atoms with E-state index >= 15 is 0 Å². The third-order valence-corrected chi connectivity index (χ3v) is 8.46. The summed E-state index contributed by atoms with van der Waals surface area (Å²) in [4.78, 5) is 4.12. The summed E-state index contributed by atoms with van der Waals surface area (Å²) in [5, 5.41) is 20.7. The zero-order chi connectivity index (χ0) is 30.2. The van der Waals surface area contributed by atoms with Gasteiger partial charge in [-0.2, -0.15) is 5.10 Å². The molecule has 8 rings (SSSR count). The highest BCUT2D eigenvalue weighted by Gasteiger charge is 2.20. The first kappa shape index (κ1) is 26.5. The Morgan fingerprint density at radius 1 is 0.556 bits per heavy atom. The van der Waals surface area contributed by atoms with Crippen LogP contribution >= 0.6 is 0 Å². The minimum Gasteiger partial charge on any atom is -0.299 e. The SMILES string of the molecule is N=C1C=C(c2c3ccccc3c(-c3cccc4ccccc34)c3ccccc23)C=C/C1=N/Nc1cccc(-c2ccncc2)c1. The van der Waals surface area contributed by atoms with Crippen LogP contribution in [0, 0.1) is 5.41 Å². The van der Waals surface area contributed by atoms with Gasteiger partial charge in [-0.15, -0.1) is 0 Å². The largest absolute Gasteiger partial charge is 0.299 e. The lowest BCUT2D eigenvalue weighted by molar-refractivity contribution is 1.32. The lowest BCUT2D eigenvalue weighted by atomic mass is 9.83. The van der Waals surface area contributed by atoms with Crippen LogP contribution in [0.2, 0.25) is 0 Å². The van der Waals surface area contributed by atoms with Gasteiger partial charge in [0, 0.05) is 12.4 Å². The molecule has 7 aromatic rings. The van der Waals surface area contributed by atoms with Crippen molar-refractivity contribution in [2.75, 3.05) is 5.43 Å². The fourth-order valence-corrected chi connectivity index (χ4v) is 6.40. The van der Waals surface area contributed by atoms with Crippen molar-refractivity contribution in [3.8, 4) is 22.3 Å². The molecule has 1 aliphatic carbocycles.